The molecule has 0 radical (unpaired) electrons. The normalized spacial score (nSPS) is 10.4. The smallest absolute Gasteiger partial charge is 0.225 e. The number of nitrogens with one attached hydrogen (secondary N) is 2. The van der Waals surface area contributed by atoms with Gasteiger partial charge in [-0.3, -0.25) is 4.79 Å². The first-order valence-electron chi connectivity index (χ1n) is 7.71. The van der Waals surface area contributed by atoms with E-state index in [0.29, 0.717) is 30.6 Å². The summed E-state index contributed by atoms with van der Waals surface area (Å²) in [6.07, 6.45) is 0.462. The summed E-state index contributed by atoms with van der Waals surface area (Å²) in [6.45, 7) is 6.51. The van der Waals surface area contributed by atoms with Crippen molar-refractivity contribution in [2.45, 2.75) is 27.2 Å². The third-order valence-electron chi connectivity index (χ3n) is 2.98. The van der Waals surface area contributed by atoms with Gasteiger partial charge in [-0.25, -0.2) is 0 Å². The second-order valence-corrected chi connectivity index (χ2v) is 5.50. The van der Waals surface area contributed by atoms with E-state index in [1.165, 1.54) is 0 Å². The van der Waals surface area contributed by atoms with E-state index in [0.717, 1.165) is 11.4 Å². The maximum Gasteiger partial charge on any atom is 0.225 e. The molecule has 0 aliphatic heterocycles. The molecule has 0 saturated heterocycles. The van der Waals surface area contributed by atoms with Gasteiger partial charge in [-0.15, -0.1) is 10.2 Å². The molecule has 6 heteroatoms. The van der Waals surface area contributed by atoms with Gasteiger partial charge in [0.1, 0.15) is 5.75 Å². The van der Waals surface area contributed by atoms with E-state index in [-0.39, 0.29) is 5.91 Å². The number of rotatable bonds is 7. The summed E-state index contributed by atoms with van der Waals surface area (Å²) >= 11 is 0. The molecule has 0 unspecified atom stereocenters. The zero-order valence-electron chi connectivity index (χ0n) is 13.7. The molecule has 0 spiro atoms. The second-order valence-electron chi connectivity index (χ2n) is 5.50. The van der Waals surface area contributed by atoms with Crippen molar-refractivity contribution in [2.75, 3.05) is 17.2 Å². The fourth-order valence-electron chi connectivity index (χ4n) is 2.02. The van der Waals surface area contributed by atoms with E-state index in [1.807, 2.05) is 45.0 Å². The van der Waals surface area contributed by atoms with Crippen LogP contribution in [0.1, 0.15) is 27.2 Å². The molecule has 0 aliphatic rings. The first-order valence-corrected chi connectivity index (χ1v) is 7.71. The average molecular weight is 314 g/mol. The quantitative estimate of drug-likeness (QED) is 0.816. The Kier molecular flexibility index (Phi) is 5.91. The predicted molar refractivity (Wildman–Crippen MR) is 91.0 cm³/mol. The monoisotopic (exact) mass is 314 g/mol. The van der Waals surface area contributed by atoms with Gasteiger partial charge in [0.15, 0.2) is 11.6 Å². The van der Waals surface area contributed by atoms with Crippen LogP contribution < -0.4 is 15.4 Å². The highest BCUT2D eigenvalue weighted by atomic mass is 16.5. The zero-order chi connectivity index (χ0) is 16.7. The average Bonchev–Trinajstić information content (AvgIpc) is 2.50. The predicted octanol–water partition coefficient (Wildman–Crippen LogP) is 3.60. The molecule has 0 atom stereocenters. The summed E-state index contributed by atoms with van der Waals surface area (Å²) < 4.78 is 5.55. The minimum Gasteiger partial charge on any atom is -0.492 e. The van der Waals surface area contributed by atoms with Crippen molar-refractivity contribution in [1.29, 1.82) is 0 Å². The molecule has 0 saturated carbocycles. The van der Waals surface area contributed by atoms with Crippen molar-refractivity contribution in [1.82, 2.24) is 10.2 Å². The summed E-state index contributed by atoms with van der Waals surface area (Å²) in [5.41, 5.74) is 0.820. The minimum absolute atomic E-state index is 0.0586. The number of carbonyl (C=O) groups is 1. The summed E-state index contributed by atoms with van der Waals surface area (Å²) in [5.74, 6) is 2.03. The van der Waals surface area contributed by atoms with Crippen LogP contribution in [0, 0.1) is 5.92 Å². The van der Waals surface area contributed by atoms with Crippen molar-refractivity contribution in [3.05, 3.63) is 36.4 Å². The highest BCUT2D eigenvalue weighted by molar-refractivity contribution is 5.89. The molecule has 1 heterocycles. The number of nitrogens with zero attached hydrogens (tertiary/aromatic N) is 2. The Morgan fingerprint density at radius 1 is 1.13 bits per heavy atom. The standard InChI is InChI=1S/C17H22N4O2/c1-4-23-14-8-6-5-7-13(14)18-15-9-10-16(21-20-15)19-17(22)11-12(2)3/h5-10,12H,4,11H2,1-3H3,(H,18,20)(H,19,21,22). The molecular formula is C17H22N4O2. The summed E-state index contributed by atoms with van der Waals surface area (Å²) in [4.78, 5) is 11.7. The van der Waals surface area contributed by atoms with E-state index in [1.54, 1.807) is 12.1 Å². The summed E-state index contributed by atoms with van der Waals surface area (Å²) in [7, 11) is 0. The minimum atomic E-state index is -0.0586. The van der Waals surface area contributed by atoms with E-state index >= 15 is 0 Å². The van der Waals surface area contributed by atoms with Gasteiger partial charge in [0.25, 0.3) is 0 Å². The van der Waals surface area contributed by atoms with Crippen LogP contribution in [0.4, 0.5) is 17.3 Å². The maximum atomic E-state index is 11.7. The van der Waals surface area contributed by atoms with Crippen LogP contribution in [0.5, 0.6) is 5.75 Å². The topological polar surface area (TPSA) is 76.1 Å². The van der Waals surface area contributed by atoms with Gasteiger partial charge in [-0.1, -0.05) is 26.0 Å². The van der Waals surface area contributed by atoms with Crippen molar-refractivity contribution >= 4 is 23.2 Å². The van der Waals surface area contributed by atoms with Gasteiger partial charge in [0.2, 0.25) is 5.91 Å². The summed E-state index contributed by atoms with van der Waals surface area (Å²) in [5, 5.41) is 14.0. The van der Waals surface area contributed by atoms with Crippen LogP contribution in [-0.2, 0) is 4.79 Å². The van der Waals surface area contributed by atoms with Gasteiger partial charge in [0, 0.05) is 6.42 Å². The van der Waals surface area contributed by atoms with Gasteiger partial charge in [0.05, 0.1) is 12.3 Å². The van der Waals surface area contributed by atoms with Gasteiger partial charge >= 0.3 is 0 Å². The third kappa shape index (κ3) is 5.25. The molecule has 2 N–H and O–H groups in total. The van der Waals surface area contributed by atoms with Crippen LogP contribution in [0.25, 0.3) is 0 Å². The first-order chi connectivity index (χ1) is 11.1. The number of para-hydroxylation sites is 2. The molecule has 1 amide bonds. The fraction of sp³-hybridized carbons (Fsp3) is 0.353. The molecule has 23 heavy (non-hydrogen) atoms. The lowest BCUT2D eigenvalue weighted by atomic mass is 10.1. The molecule has 0 bridgehead atoms. The molecule has 2 rings (SSSR count). The number of benzene rings is 1. The lowest BCUT2D eigenvalue weighted by Gasteiger charge is -2.11. The molecular weight excluding hydrogens is 292 g/mol. The number of aromatic nitrogens is 2. The van der Waals surface area contributed by atoms with Crippen molar-refractivity contribution < 1.29 is 9.53 Å². The van der Waals surface area contributed by atoms with E-state index in [9.17, 15) is 4.79 Å². The Labute approximate surface area is 136 Å². The summed E-state index contributed by atoms with van der Waals surface area (Å²) in [6, 6.07) is 11.1. The number of hydrogen-bond donors (Lipinski definition) is 2. The zero-order valence-corrected chi connectivity index (χ0v) is 13.7. The lowest BCUT2D eigenvalue weighted by Crippen LogP contribution is -2.15. The number of hydrogen-bond acceptors (Lipinski definition) is 5. The molecule has 1 aromatic heterocycles. The van der Waals surface area contributed by atoms with E-state index in [2.05, 4.69) is 20.8 Å². The number of ether oxygens (including phenoxy) is 1. The van der Waals surface area contributed by atoms with Gasteiger partial charge in [-0.2, -0.15) is 0 Å². The van der Waals surface area contributed by atoms with Gasteiger partial charge in [-0.05, 0) is 37.1 Å². The van der Waals surface area contributed by atoms with Crippen LogP contribution in [0.2, 0.25) is 0 Å². The Balaban J connectivity index is 2.01. The maximum absolute atomic E-state index is 11.7. The van der Waals surface area contributed by atoms with Crippen molar-refractivity contribution in [2.24, 2.45) is 5.92 Å². The van der Waals surface area contributed by atoms with Crippen molar-refractivity contribution in [3.8, 4) is 5.75 Å². The fourth-order valence-corrected chi connectivity index (χ4v) is 2.02. The van der Waals surface area contributed by atoms with Crippen LogP contribution in [0.3, 0.4) is 0 Å². The molecule has 122 valence electrons. The van der Waals surface area contributed by atoms with Crippen LogP contribution >= 0.6 is 0 Å². The highest BCUT2D eigenvalue weighted by Crippen LogP contribution is 2.26. The Hall–Kier alpha value is -2.63. The number of carbonyl (C=O) groups excluding carboxylic acids is 1. The number of anilines is 3. The van der Waals surface area contributed by atoms with Crippen molar-refractivity contribution in [3.63, 3.8) is 0 Å². The third-order valence-corrected chi connectivity index (χ3v) is 2.98. The largest absolute Gasteiger partial charge is 0.492 e. The van der Waals surface area contributed by atoms with E-state index < -0.39 is 0 Å². The van der Waals surface area contributed by atoms with Crippen LogP contribution in [-0.4, -0.2) is 22.7 Å². The molecule has 2 aromatic rings. The second kappa shape index (κ2) is 8.12. The lowest BCUT2D eigenvalue weighted by molar-refractivity contribution is -0.116. The Morgan fingerprint density at radius 3 is 2.48 bits per heavy atom. The number of amides is 1. The SMILES string of the molecule is CCOc1ccccc1Nc1ccc(NC(=O)CC(C)C)nn1. The molecule has 1 aromatic carbocycles. The molecule has 0 fully saturated rings. The Bertz CT molecular complexity index is 641. The van der Waals surface area contributed by atoms with Gasteiger partial charge < -0.3 is 15.4 Å². The van der Waals surface area contributed by atoms with Crippen LogP contribution in [0.15, 0.2) is 36.4 Å². The Morgan fingerprint density at radius 2 is 1.83 bits per heavy atom. The molecule has 0 aliphatic carbocycles. The highest BCUT2D eigenvalue weighted by Gasteiger charge is 2.07. The van der Waals surface area contributed by atoms with E-state index in [4.69, 9.17) is 4.74 Å². The first kappa shape index (κ1) is 16.7. The molecule has 6 nitrogen and oxygen atoms in total.